The van der Waals surface area contributed by atoms with Crippen LogP contribution in [0.3, 0.4) is 0 Å². The third-order valence-electron chi connectivity index (χ3n) is 4.19. The lowest BCUT2D eigenvalue weighted by Gasteiger charge is -2.20. The van der Waals surface area contributed by atoms with E-state index in [1.807, 2.05) is 0 Å². The van der Waals surface area contributed by atoms with E-state index >= 15 is 0 Å². The lowest BCUT2D eigenvalue weighted by molar-refractivity contribution is -0.137. The maximum atomic E-state index is 12.6. The second-order valence-corrected chi connectivity index (χ2v) is 5.98. The number of carbonyl (C=O) groups excluding carboxylic acids is 1. The highest BCUT2D eigenvalue weighted by Gasteiger charge is 2.42. The van der Waals surface area contributed by atoms with E-state index in [9.17, 15) is 18.0 Å². The van der Waals surface area contributed by atoms with Crippen molar-refractivity contribution < 1.29 is 18.0 Å². The Morgan fingerprint density at radius 2 is 2.10 bits per heavy atom. The zero-order chi connectivity index (χ0) is 15.2. The lowest BCUT2D eigenvalue weighted by atomic mass is 9.88. The van der Waals surface area contributed by atoms with Crippen LogP contribution >= 0.6 is 11.6 Å². The van der Waals surface area contributed by atoms with Gasteiger partial charge in [0, 0.05) is 12.1 Å². The van der Waals surface area contributed by atoms with Crippen LogP contribution in [0.5, 0.6) is 0 Å². The maximum absolute atomic E-state index is 12.6. The molecule has 2 N–H and O–H groups in total. The van der Waals surface area contributed by atoms with E-state index in [0.29, 0.717) is 6.04 Å². The molecule has 3 nitrogen and oxygen atoms in total. The van der Waals surface area contributed by atoms with Crippen LogP contribution in [0, 0.1) is 5.92 Å². The summed E-state index contributed by atoms with van der Waals surface area (Å²) < 4.78 is 37.7. The first kappa shape index (κ1) is 14.7. The predicted octanol–water partition coefficient (Wildman–Crippen LogP) is 3.44. The van der Waals surface area contributed by atoms with Crippen LogP contribution in [0.4, 0.5) is 18.9 Å². The predicted molar refractivity (Wildman–Crippen MR) is 73.1 cm³/mol. The zero-order valence-electron chi connectivity index (χ0n) is 11.0. The highest BCUT2D eigenvalue weighted by Crippen LogP contribution is 2.36. The van der Waals surface area contributed by atoms with Crippen molar-refractivity contribution >= 4 is 23.2 Å². The first-order chi connectivity index (χ1) is 9.84. The molecule has 0 spiro atoms. The molecule has 2 saturated heterocycles. The Morgan fingerprint density at radius 3 is 2.62 bits per heavy atom. The van der Waals surface area contributed by atoms with Crippen LogP contribution in [0.15, 0.2) is 18.2 Å². The number of benzene rings is 1. The van der Waals surface area contributed by atoms with Crippen molar-refractivity contribution in [2.24, 2.45) is 5.92 Å². The van der Waals surface area contributed by atoms with Gasteiger partial charge in [0.2, 0.25) is 5.91 Å². The molecule has 7 heteroatoms. The fourth-order valence-corrected chi connectivity index (χ4v) is 3.36. The summed E-state index contributed by atoms with van der Waals surface area (Å²) in [4.78, 5) is 12.2. The third kappa shape index (κ3) is 2.87. The van der Waals surface area contributed by atoms with E-state index in [-0.39, 0.29) is 28.6 Å². The molecule has 114 valence electrons. The molecule has 3 unspecified atom stereocenters. The minimum absolute atomic E-state index is 0.103. The van der Waals surface area contributed by atoms with Gasteiger partial charge < -0.3 is 10.6 Å². The van der Waals surface area contributed by atoms with Gasteiger partial charge in [-0.2, -0.15) is 13.2 Å². The molecule has 1 aromatic rings. The van der Waals surface area contributed by atoms with Crippen LogP contribution in [0.2, 0.25) is 5.02 Å². The van der Waals surface area contributed by atoms with Gasteiger partial charge in [-0.15, -0.1) is 0 Å². The smallest absolute Gasteiger partial charge is 0.324 e. The lowest BCUT2D eigenvalue weighted by Crippen LogP contribution is -2.32. The largest absolute Gasteiger partial charge is 0.416 e. The molecular formula is C14H14ClF3N2O. The normalized spacial score (nSPS) is 27.9. The first-order valence-electron chi connectivity index (χ1n) is 6.78. The number of halogens is 4. The number of fused-ring (bicyclic) bond motifs is 2. The average Bonchev–Trinajstić information content (AvgIpc) is 3.02. The highest BCUT2D eigenvalue weighted by atomic mass is 35.5. The second kappa shape index (κ2) is 5.18. The molecule has 2 heterocycles. The van der Waals surface area contributed by atoms with Crippen molar-refractivity contribution in [1.29, 1.82) is 0 Å². The molecule has 0 aliphatic carbocycles. The van der Waals surface area contributed by atoms with Gasteiger partial charge in [0.1, 0.15) is 0 Å². The number of amides is 1. The van der Waals surface area contributed by atoms with E-state index < -0.39 is 11.7 Å². The molecule has 0 radical (unpaired) electrons. The molecule has 2 aliphatic rings. The van der Waals surface area contributed by atoms with Crippen LogP contribution in [0.1, 0.15) is 24.8 Å². The van der Waals surface area contributed by atoms with Crippen molar-refractivity contribution in [3.8, 4) is 0 Å². The molecule has 2 fully saturated rings. The number of carbonyl (C=O) groups is 1. The molecule has 2 bridgehead atoms. The van der Waals surface area contributed by atoms with Gasteiger partial charge in [-0.1, -0.05) is 11.6 Å². The summed E-state index contributed by atoms with van der Waals surface area (Å²) in [5, 5.41) is 5.88. The van der Waals surface area contributed by atoms with Gasteiger partial charge in [0.15, 0.2) is 0 Å². The van der Waals surface area contributed by atoms with E-state index in [4.69, 9.17) is 11.6 Å². The zero-order valence-corrected chi connectivity index (χ0v) is 11.8. The van der Waals surface area contributed by atoms with E-state index in [1.165, 1.54) is 6.07 Å². The number of hydrogen-bond donors (Lipinski definition) is 2. The fourth-order valence-electron chi connectivity index (χ4n) is 3.13. The number of alkyl halides is 3. The van der Waals surface area contributed by atoms with Crippen molar-refractivity contribution in [2.75, 3.05) is 5.32 Å². The van der Waals surface area contributed by atoms with Gasteiger partial charge in [0.25, 0.3) is 0 Å². The molecule has 3 atom stereocenters. The van der Waals surface area contributed by atoms with Crippen molar-refractivity contribution in [1.82, 2.24) is 5.32 Å². The molecule has 21 heavy (non-hydrogen) atoms. The Balaban J connectivity index is 1.72. The summed E-state index contributed by atoms with van der Waals surface area (Å²) in [5.41, 5.74) is -0.607. The summed E-state index contributed by atoms with van der Waals surface area (Å²) in [7, 11) is 0. The van der Waals surface area contributed by atoms with Crippen LogP contribution in [0.25, 0.3) is 0 Å². The standard InChI is InChI=1S/C14H14ClF3N2O/c15-10-5-7(14(16,17)18)1-3-12(10)20-13(21)9-6-8-2-4-11(9)19-8/h1,3,5,8-9,11,19H,2,4,6H2,(H,20,21). The Bertz CT molecular complexity index is 576. The number of anilines is 1. The Kier molecular flexibility index (Phi) is 3.61. The summed E-state index contributed by atoms with van der Waals surface area (Å²) in [6.07, 6.45) is -1.63. The Labute approximate surface area is 124 Å². The minimum Gasteiger partial charge on any atom is -0.324 e. The number of rotatable bonds is 2. The number of hydrogen-bond acceptors (Lipinski definition) is 2. The average molecular weight is 319 g/mol. The summed E-state index contributed by atoms with van der Waals surface area (Å²) >= 11 is 5.83. The van der Waals surface area contributed by atoms with E-state index in [0.717, 1.165) is 31.4 Å². The topological polar surface area (TPSA) is 41.1 Å². The van der Waals surface area contributed by atoms with Gasteiger partial charge >= 0.3 is 6.18 Å². The quantitative estimate of drug-likeness (QED) is 0.877. The summed E-state index contributed by atoms with van der Waals surface area (Å²) in [6.45, 7) is 0. The van der Waals surface area contributed by atoms with Gasteiger partial charge in [-0.05, 0) is 37.5 Å². The van der Waals surface area contributed by atoms with E-state index in [1.54, 1.807) is 0 Å². The van der Waals surface area contributed by atoms with Crippen molar-refractivity contribution in [3.63, 3.8) is 0 Å². The van der Waals surface area contributed by atoms with Crippen molar-refractivity contribution in [3.05, 3.63) is 28.8 Å². The van der Waals surface area contributed by atoms with Gasteiger partial charge in [0.05, 0.1) is 22.2 Å². The molecule has 0 saturated carbocycles. The SMILES string of the molecule is O=C(Nc1ccc(C(F)(F)F)cc1Cl)C1CC2CCC1N2. The third-order valence-corrected chi connectivity index (χ3v) is 4.50. The number of nitrogens with one attached hydrogen (secondary N) is 2. The molecule has 2 aliphatic heterocycles. The second-order valence-electron chi connectivity index (χ2n) is 5.57. The van der Waals surface area contributed by atoms with Crippen LogP contribution in [-0.2, 0) is 11.0 Å². The van der Waals surface area contributed by atoms with Crippen molar-refractivity contribution in [2.45, 2.75) is 37.5 Å². The maximum Gasteiger partial charge on any atom is 0.416 e. The van der Waals surface area contributed by atoms with E-state index in [2.05, 4.69) is 10.6 Å². The minimum atomic E-state index is -4.44. The molecule has 1 amide bonds. The molecule has 0 aromatic heterocycles. The highest BCUT2D eigenvalue weighted by molar-refractivity contribution is 6.33. The Morgan fingerprint density at radius 1 is 1.33 bits per heavy atom. The molecule has 1 aromatic carbocycles. The van der Waals surface area contributed by atoms with Crippen LogP contribution < -0.4 is 10.6 Å². The monoisotopic (exact) mass is 318 g/mol. The fraction of sp³-hybridized carbons (Fsp3) is 0.500. The summed E-state index contributed by atoms with van der Waals surface area (Å²) in [5.74, 6) is -0.321. The first-order valence-corrected chi connectivity index (χ1v) is 7.16. The van der Waals surface area contributed by atoms with Gasteiger partial charge in [-0.3, -0.25) is 4.79 Å². The Hall–Kier alpha value is -1.27. The molecular weight excluding hydrogens is 305 g/mol. The van der Waals surface area contributed by atoms with Crippen LogP contribution in [-0.4, -0.2) is 18.0 Å². The van der Waals surface area contributed by atoms with Gasteiger partial charge in [-0.25, -0.2) is 0 Å². The summed E-state index contributed by atoms with van der Waals surface area (Å²) in [6, 6.07) is 3.50. The molecule has 3 rings (SSSR count).